The summed E-state index contributed by atoms with van der Waals surface area (Å²) in [4.78, 5) is 17.5. The molecule has 8 heteroatoms. The van der Waals surface area contributed by atoms with E-state index >= 15 is 0 Å². The predicted octanol–water partition coefficient (Wildman–Crippen LogP) is 4.68. The molecule has 0 fully saturated rings. The Morgan fingerprint density at radius 3 is 2.88 bits per heavy atom. The summed E-state index contributed by atoms with van der Waals surface area (Å²) in [5.41, 5.74) is 3.69. The van der Waals surface area contributed by atoms with E-state index in [1.807, 2.05) is 56.3 Å². The van der Waals surface area contributed by atoms with Crippen molar-refractivity contribution in [1.82, 2.24) is 14.8 Å². The number of nitrogens with zero attached hydrogens (tertiary/aromatic N) is 3. The largest absolute Gasteiger partial charge is 0.490 e. The first kappa shape index (κ1) is 21.0. The van der Waals surface area contributed by atoms with Crippen molar-refractivity contribution in [2.24, 2.45) is 0 Å². The quantitative estimate of drug-likeness (QED) is 0.425. The lowest BCUT2D eigenvalue weighted by Crippen LogP contribution is -2.25. The number of rotatable bonds is 6. The number of aryl methyl sites for hydroxylation is 1. The summed E-state index contributed by atoms with van der Waals surface area (Å²) in [5, 5.41) is 8.49. The first-order chi connectivity index (χ1) is 16.1. The van der Waals surface area contributed by atoms with Gasteiger partial charge in [-0.15, -0.1) is 6.42 Å². The van der Waals surface area contributed by atoms with Crippen molar-refractivity contribution in [3.05, 3.63) is 59.3 Å². The van der Waals surface area contributed by atoms with E-state index in [0.29, 0.717) is 30.3 Å². The molecular formula is C25H22N4O3S. The van der Waals surface area contributed by atoms with Crippen LogP contribution in [0.25, 0.3) is 15.3 Å². The van der Waals surface area contributed by atoms with Crippen LogP contribution in [0.3, 0.4) is 0 Å². The number of anilines is 1. The fraction of sp³-hybridized carbons (Fsp3) is 0.240. The van der Waals surface area contributed by atoms with Gasteiger partial charge in [0.25, 0.3) is 0 Å². The fourth-order valence-electron chi connectivity index (χ4n) is 4.17. The van der Waals surface area contributed by atoms with E-state index in [4.69, 9.17) is 26.0 Å². The van der Waals surface area contributed by atoms with Gasteiger partial charge in [-0.05, 0) is 43.7 Å². The van der Waals surface area contributed by atoms with Crippen LogP contribution >= 0.6 is 11.3 Å². The number of thiazole rings is 1. The van der Waals surface area contributed by atoms with Gasteiger partial charge in [-0.2, -0.15) is 9.78 Å². The van der Waals surface area contributed by atoms with Crippen molar-refractivity contribution in [1.29, 1.82) is 0 Å². The number of hydrogen-bond donors (Lipinski definition) is 1. The molecule has 4 aromatic rings. The average Bonchev–Trinajstić information content (AvgIpc) is 3.39. The van der Waals surface area contributed by atoms with Crippen LogP contribution in [0, 0.1) is 19.3 Å². The molecule has 166 valence electrons. The number of nitrogens with one attached hydrogen (secondary N) is 1. The summed E-state index contributed by atoms with van der Waals surface area (Å²) in [7, 11) is 0. The van der Waals surface area contributed by atoms with Crippen LogP contribution < -0.4 is 14.8 Å². The molecule has 0 spiro atoms. The van der Waals surface area contributed by atoms with Crippen molar-refractivity contribution >= 4 is 33.3 Å². The molecule has 2 aromatic heterocycles. The summed E-state index contributed by atoms with van der Waals surface area (Å²) < 4.78 is 14.2. The lowest BCUT2D eigenvalue weighted by molar-refractivity contribution is -0.116. The van der Waals surface area contributed by atoms with Gasteiger partial charge in [0.2, 0.25) is 11.0 Å². The third kappa shape index (κ3) is 3.81. The van der Waals surface area contributed by atoms with Crippen molar-refractivity contribution < 1.29 is 14.3 Å². The zero-order chi connectivity index (χ0) is 22.9. The van der Waals surface area contributed by atoms with Crippen LogP contribution in [0.15, 0.2) is 42.5 Å². The maximum Gasteiger partial charge on any atom is 0.226 e. The van der Waals surface area contributed by atoms with Gasteiger partial charge in [0, 0.05) is 17.9 Å². The lowest BCUT2D eigenvalue weighted by Gasteiger charge is -2.25. The minimum absolute atomic E-state index is 0.0691. The van der Waals surface area contributed by atoms with Crippen LogP contribution in [0.4, 0.5) is 5.82 Å². The van der Waals surface area contributed by atoms with Gasteiger partial charge in [0.1, 0.15) is 12.4 Å². The first-order valence-electron chi connectivity index (χ1n) is 10.7. The van der Waals surface area contributed by atoms with Crippen LogP contribution in [0.1, 0.15) is 36.1 Å². The minimum Gasteiger partial charge on any atom is -0.490 e. The Morgan fingerprint density at radius 2 is 2.09 bits per heavy atom. The highest BCUT2D eigenvalue weighted by Crippen LogP contribution is 2.43. The molecule has 0 saturated carbocycles. The second-order valence-corrected chi connectivity index (χ2v) is 8.67. The van der Waals surface area contributed by atoms with Crippen LogP contribution in [-0.4, -0.2) is 33.9 Å². The normalized spacial score (nSPS) is 15.1. The first-order valence-corrected chi connectivity index (χ1v) is 11.5. The van der Waals surface area contributed by atoms with Crippen LogP contribution in [-0.2, 0) is 4.79 Å². The molecule has 1 N–H and O–H groups in total. The SMILES string of the molecule is C#CCOc1ccc([C@H]2CC(=O)Nc3c2c(C)nn3-c2nc3ccccc3s2)cc1OCC. The minimum atomic E-state index is -0.169. The molecule has 5 rings (SSSR count). The molecule has 1 aliphatic heterocycles. The Bertz CT molecular complexity index is 1370. The Balaban J connectivity index is 1.59. The lowest BCUT2D eigenvalue weighted by atomic mass is 9.85. The van der Waals surface area contributed by atoms with Crippen molar-refractivity contribution in [3.8, 4) is 29.0 Å². The number of para-hydroxylation sites is 1. The molecule has 7 nitrogen and oxygen atoms in total. The second kappa shape index (κ2) is 8.60. The van der Waals surface area contributed by atoms with E-state index in [0.717, 1.165) is 32.2 Å². The highest BCUT2D eigenvalue weighted by Gasteiger charge is 2.33. The maximum atomic E-state index is 12.7. The zero-order valence-electron chi connectivity index (χ0n) is 18.3. The molecule has 2 aromatic carbocycles. The zero-order valence-corrected chi connectivity index (χ0v) is 19.1. The number of ether oxygens (including phenoxy) is 2. The van der Waals surface area contributed by atoms with Gasteiger partial charge in [-0.1, -0.05) is 35.5 Å². The third-order valence-electron chi connectivity index (χ3n) is 5.55. The molecule has 0 aliphatic carbocycles. The Labute approximate surface area is 195 Å². The smallest absolute Gasteiger partial charge is 0.226 e. The third-order valence-corrected chi connectivity index (χ3v) is 6.56. The average molecular weight is 459 g/mol. The van der Waals surface area contributed by atoms with E-state index in [2.05, 4.69) is 11.2 Å². The molecular weight excluding hydrogens is 436 g/mol. The van der Waals surface area contributed by atoms with E-state index < -0.39 is 0 Å². The predicted molar refractivity (Wildman–Crippen MR) is 129 cm³/mol. The molecule has 1 atom stereocenters. The summed E-state index contributed by atoms with van der Waals surface area (Å²) in [6, 6.07) is 13.7. The summed E-state index contributed by atoms with van der Waals surface area (Å²) in [6.45, 7) is 4.52. The topological polar surface area (TPSA) is 78.3 Å². The number of carbonyl (C=O) groups excluding carboxylic acids is 1. The summed E-state index contributed by atoms with van der Waals surface area (Å²) in [5.74, 6) is 4.09. The van der Waals surface area contributed by atoms with E-state index in [-0.39, 0.29) is 18.4 Å². The van der Waals surface area contributed by atoms with Crippen molar-refractivity contribution in [2.75, 3.05) is 18.5 Å². The molecule has 1 aliphatic rings. The fourth-order valence-corrected chi connectivity index (χ4v) is 5.09. The molecule has 0 saturated heterocycles. The summed E-state index contributed by atoms with van der Waals surface area (Å²) in [6.07, 6.45) is 5.65. The van der Waals surface area contributed by atoms with E-state index in [9.17, 15) is 4.79 Å². The van der Waals surface area contributed by atoms with Crippen LogP contribution in [0.5, 0.6) is 11.5 Å². The summed E-state index contributed by atoms with van der Waals surface area (Å²) >= 11 is 1.54. The van der Waals surface area contributed by atoms with Gasteiger partial charge in [-0.25, -0.2) is 4.98 Å². The monoisotopic (exact) mass is 458 g/mol. The number of fused-ring (bicyclic) bond motifs is 2. The Kier molecular flexibility index (Phi) is 5.48. The number of aromatic nitrogens is 3. The standard InChI is InChI=1S/C25H22N4O3S/c1-4-12-32-19-11-10-16(13-20(19)31-5-2)17-14-22(30)27-24-23(17)15(3)28-29(24)25-26-18-8-6-7-9-21(18)33-25/h1,6-11,13,17H,5,12,14H2,2-3H3,(H,27,30)/t17-/m1/s1. The highest BCUT2D eigenvalue weighted by molar-refractivity contribution is 7.20. The second-order valence-electron chi connectivity index (χ2n) is 7.66. The Morgan fingerprint density at radius 1 is 1.24 bits per heavy atom. The number of carbonyl (C=O) groups is 1. The van der Waals surface area contributed by atoms with Gasteiger partial charge >= 0.3 is 0 Å². The molecule has 0 unspecified atom stereocenters. The van der Waals surface area contributed by atoms with E-state index in [1.54, 1.807) is 4.68 Å². The highest BCUT2D eigenvalue weighted by atomic mass is 32.1. The maximum absolute atomic E-state index is 12.7. The number of amides is 1. The van der Waals surface area contributed by atoms with Crippen LogP contribution in [0.2, 0.25) is 0 Å². The molecule has 33 heavy (non-hydrogen) atoms. The van der Waals surface area contributed by atoms with Gasteiger partial charge in [0.15, 0.2) is 11.5 Å². The molecule has 0 radical (unpaired) electrons. The van der Waals surface area contributed by atoms with Crippen molar-refractivity contribution in [2.45, 2.75) is 26.2 Å². The number of benzene rings is 2. The number of terminal acetylenes is 1. The van der Waals surface area contributed by atoms with Gasteiger partial charge in [0.05, 0.1) is 22.5 Å². The molecule has 1 amide bonds. The van der Waals surface area contributed by atoms with Crippen molar-refractivity contribution in [3.63, 3.8) is 0 Å². The van der Waals surface area contributed by atoms with Gasteiger partial charge < -0.3 is 14.8 Å². The van der Waals surface area contributed by atoms with E-state index in [1.165, 1.54) is 11.3 Å². The molecule has 3 heterocycles. The Hall–Kier alpha value is -3.83. The number of hydrogen-bond acceptors (Lipinski definition) is 6. The molecule has 0 bridgehead atoms. The van der Waals surface area contributed by atoms with Gasteiger partial charge in [-0.3, -0.25) is 4.79 Å².